The number of unbranched alkanes of at least 4 members (excludes halogenated alkanes) is 1. The van der Waals surface area contributed by atoms with Crippen LogP contribution in [0.5, 0.6) is 0 Å². The number of aliphatic hydroxyl groups excluding tert-OH is 2. The molecule has 0 bridgehead atoms. The van der Waals surface area contributed by atoms with Gasteiger partial charge in [-0.1, -0.05) is 39.0 Å². The Morgan fingerprint density at radius 1 is 1.21 bits per heavy atom. The molecule has 2 aliphatic carbocycles. The summed E-state index contributed by atoms with van der Waals surface area (Å²) >= 11 is 0. The molecule has 2 rings (SSSR count). The highest BCUT2D eigenvalue weighted by molar-refractivity contribution is 5.76. The molecule has 0 aromatic carbocycles. The minimum Gasteiger partial charge on any atom is -0.461 e. The number of aliphatic hydroxyl groups is 2. The van der Waals surface area contributed by atoms with Gasteiger partial charge in [-0.3, -0.25) is 14.6 Å². The van der Waals surface area contributed by atoms with Gasteiger partial charge >= 0.3 is 5.97 Å². The predicted octanol–water partition coefficient (Wildman–Crippen LogP) is 3.19. The van der Waals surface area contributed by atoms with Gasteiger partial charge in [-0.25, -0.2) is 0 Å². The highest BCUT2D eigenvalue weighted by atomic mass is 16.5. The fourth-order valence-corrected chi connectivity index (χ4v) is 5.52. The predicted molar refractivity (Wildman–Crippen MR) is 155 cm³/mol. The first-order valence-electron chi connectivity index (χ1n) is 14.6. The Kier molecular flexibility index (Phi) is 13.0. The van der Waals surface area contributed by atoms with E-state index < -0.39 is 17.6 Å². The van der Waals surface area contributed by atoms with Crippen LogP contribution < -0.4 is 16.8 Å². The summed E-state index contributed by atoms with van der Waals surface area (Å²) in [5.74, 6) is 0.559. The molecular formula is C30H52N4O5. The third-order valence-corrected chi connectivity index (χ3v) is 8.29. The minimum atomic E-state index is -0.915. The Morgan fingerprint density at radius 2 is 1.92 bits per heavy atom. The molecule has 0 aromatic rings. The van der Waals surface area contributed by atoms with Gasteiger partial charge in [0.05, 0.1) is 24.0 Å². The Labute approximate surface area is 234 Å². The lowest BCUT2D eigenvalue weighted by atomic mass is 9.65. The fourth-order valence-electron chi connectivity index (χ4n) is 5.52. The number of nitrogens with one attached hydrogen (secondary N) is 1. The molecule has 0 radical (unpaired) electrons. The summed E-state index contributed by atoms with van der Waals surface area (Å²) < 4.78 is 6.17. The number of rotatable bonds is 15. The molecule has 0 fully saturated rings. The minimum absolute atomic E-state index is 0.0494. The Bertz CT molecular complexity index is 896. The van der Waals surface area contributed by atoms with Crippen LogP contribution in [0.15, 0.2) is 28.8 Å². The molecule has 222 valence electrons. The van der Waals surface area contributed by atoms with Crippen LogP contribution in [0, 0.1) is 29.1 Å². The molecule has 1 amide bonds. The van der Waals surface area contributed by atoms with Crippen molar-refractivity contribution in [2.45, 2.75) is 104 Å². The van der Waals surface area contributed by atoms with Crippen molar-refractivity contribution in [2.75, 3.05) is 13.1 Å². The smallest absolute Gasteiger partial charge is 0.311 e. The number of fused-ring (bicyclic) bond motifs is 1. The van der Waals surface area contributed by atoms with Crippen LogP contribution in [0.2, 0.25) is 0 Å². The van der Waals surface area contributed by atoms with Crippen LogP contribution >= 0.6 is 0 Å². The number of nitrogens with two attached hydrogens (primary N) is 2. The number of guanidine groups is 1. The normalized spacial score (nSPS) is 26.1. The highest BCUT2D eigenvalue weighted by Gasteiger charge is 2.42. The summed E-state index contributed by atoms with van der Waals surface area (Å²) in [5.41, 5.74) is 11.3. The first-order chi connectivity index (χ1) is 18.3. The zero-order valence-corrected chi connectivity index (χ0v) is 24.6. The lowest BCUT2D eigenvalue weighted by molar-refractivity contribution is -0.164. The van der Waals surface area contributed by atoms with Gasteiger partial charge in [0, 0.05) is 19.0 Å². The molecule has 0 unspecified atom stereocenters. The van der Waals surface area contributed by atoms with Gasteiger partial charge in [0.1, 0.15) is 6.10 Å². The Morgan fingerprint density at radius 3 is 2.59 bits per heavy atom. The maximum absolute atomic E-state index is 13.0. The number of carbonyl (C=O) groups excluding carboxylic acids is 2. The van der Waals surface area contributed by atoms with E-state index in [0.717, 1.165) is 25.7 Å². The van der Waals surface area contributed by atoms with E-state index in [-0.39, 0.29) is 54.5 Å². The van der Waals surface area contributed by atoms with Gasteiger partial charge in [-0.2, -0.15) is 0 Å². The molecule has 0 saturated heterocycles. The van der Waals surface area contributed by atoms with E-state index in [9.17, 15) is 19.8 Å². The largest absolute Gasteiger partial charge is 0.461 e. The zero-order valence-electron chi connectivity index (χ0n) is 24.6. The van der Waals surface area contributed by atoms with Crippen LogP contribution in [0.1, 0.15) is 86.0 Å². The van der Waals surface area contributed by atoms with Crippen LogP contribution in [0.3, 0.4) is 0 Å². The first-order valence-corrected chi connectivity index (χ1v) is 14.6. The number of aliphatic imine (C=N–C) groups is 1. The number of allylic oxidation sites excluding steroid dienone is 3. The summed E-state index contributed by atoms with van der Waals surface area (Å²) in [6, 6.07) is 0. The summed E-state index contributed by atoms with van der Waals surface area (Å²) in [6.45, 7) is 11.2. The van der Waals surface area contributed by atoms with Gasteiger partial charge in [0.25, 0.3) is 0 Å². The van der Waals surface area contributed by atoms with E-state index in [1.165, 1.54) is 5.57 Å². The number of hydrogen-bond acceptors (Lipinski definition) is 6. The molecule has 0 saturated carbocycles. The van der Waals surface area contributed by atoms with E-state index in [1.807, 2.05) is 20.8 Å². The number of carbonyl (C=O) groups is 2. The molecule has 7 atom stereocenters. The van der Waals surface area contributed by atoms with Crippen molar-refractivity contribution in [3.63, 3.8) is 0 Å². The van der Waals surface area contributed by atoms with Crippen LogP contribution in [0.4, 0.5) is 0 Å². The van der Waals surface area contributed by atoms with E-state index in [2.05, 4.69) is 42.4 Å². The molecule has 0 heterocycles. The molecule has 7 N–H and O–H groups in total. The number of ether oxygens (including phenoxy) is 1. The van der Waals surface area contributed by atoms with Gasteiger partial charge in [-0.15, -0.1) is 0 Å². The third kappa shape index (κ3) is 10.6. The van der Waals surface area contributed by atoms with E-state index in [1.54, 1.807) is 0 Å². The number of esters is 1. The Balaban J connectivity index is 1.88. The number of hydrogen-bond donors (Lipinski definition) is 5. The molecule has 2 aliphatic rings. The highest BCUT2D eigenvalue weighted by Crippen LogP contribution is 2.45. The molecular weight excluding hydrogens is 496 g/mol. The van der Waals surface area contributed by atoms with Crippen LogP contribution in [0.25, 0.3) is 0 Å². The van der Waals surface area contributed by atoms with E-state index in [4.69, 9.17) is 16.2 Å². The second-order valence-corrected chi connectivity index (χ2v) is 12.2. The molecule has 0 aromatic heterocycles. The number of amides is 1. The van der Waals surface area contributed by atoms with E-state index in [0.29, 0.717) is 31.8 Å². The van der Waals surface area contributed by atoms with Crippen molar-refractivity contribution in [3.05, 3.63) is 23.8 Å². The topological polar surface area (TPSA) is 160 Å². The average molecular weight is 549 g/mol. The van der Waals surface area contributed by atoms with E-state index >= 15 is 0 Å². The SMILES string of the molecule is CCC(C)(C)C(=O)O[C@H]1C[C@@H](C)C=C2C=C[C@H](C)[C@H](CC[C@@H](O)C[C@@H](O)CC(=O)NCCCCN=C(N)N)[C@H]21. The van der Waals surface area contributed by atoms with Gasteiger partial charge in [0.2, 0.25) is 5.91 Å². The molecule has 39 heavy (non-hydrogen) atoms. The molecule has 0 spiro atoms. The quantitative estimate of drug-likeness (QED) is 0.0909. The maximum Gasteiger partial charge on any atom is 0.311 e. The summed E-state index contributed by atoms with van der Waals surface area (Å²) in [5, 5.41) is 23.9. The summed E-state index contributed by atoms with van der Waals surface area (Å²) in [4.78, 5) is 29.0. The maximum atomic E-state index is 13.0. The van der Waals surface area contributed by atoms with Crippen molar-refractivity contribution in [3.8, 4) is 0 Å². The van der Waals surface area contributed by atoms with Crippen LogP contribution in [-0.4, -0.2) is 59.5 Å². The first kappa shape index (κ1) is 32.8. The van der Waals surface area contributed by atoms with Gasteiger partial charge in [-0.05, 0) is 82.1 Å². The Hall–Kier alpha value is -2.39. The second kappa shape index (κ2) is 15.4. The summed E-state index contributed by atoms with van der Waals surface area (Å²) in [7, 11) is 0. The molecule has 9 nitrogen and oxygen atoms in total. The second-order valence-electron chi connectivity index (χ2n) is 12.2. The van der Waals surface area contributed by atoms with Crippen LogP contribution in [-0.2, 0) is 14.3 Å². The standard InChI is InChI=1S/C30H52N4O5/c1-6-30(4,5)28(38)39-25-16-19(2)15-21-10-9-20(3)24(27(21)25)12-11-22(35)17-23(36)18-26(37)33-13-7-8-14-34-29(31)32/h9-10,15,19-20,22-25,27,35-36H,6-8,11-14,16-18H2,1-5H3,(H,33,37)(H4,31,32,34)/t19-,20-,22+,23+,24-,25-,27-/m0/s1. The van der Waals surface area contributed by atoms with Crippen molar-refractivity contribution >= 4 is 17.8 Å². The molecule has 9 heteroatoms. The van der Waals surface area contributed by atoms with Crippen molar-refractivity contribution in [2.24, 2.45) is 45.5 Å². The lowest BCUT2D eigenvalue weighted by Crippen LogP contribution is -2.43. The lowest BCUT2D eigenvalue weighted by Gasteiger charge is -2.44. The molecule has 0 aliphatic heterocycles. The summed E-state index contributed by atoms with van der Waals surface area (Å²) in [6.07, 6.45) is 9.17. The van der Waals surface area contributed by atoms with Crippen molar-refractivity contribution in [1.82, 2.24) is 5.32 Å². The number of nitrogens with zero attached hydrogens (tertiary/aromatic N) is 1. The monoisotopic (exact) mass is 548 g/mol. The van der Waals surface area contributed by atoms with Crippen molar-refractivity contribution in [1.29, 1.82) is 0 Å². The fraction of sp³-hybridized carbons (Fsp3) is 0.767. The van der Waals surface area contributed by atoms with Crippen molar-refractivity contribution < 1.29 is 24.5 Å². The third-order valence-electron chi connectivity index (χ3n) is 8.29. The zero-order chi connectivity index (χ0) is 29.2. The van der Waals surface area contributed by atoms with Gasteiger partial charge in [0.15, 0.2) is 5.96 Å². The average Bonchev–Trinajstić information content (AvgIpc) is 2.85. The van der Waals surface area contributed by atoms with Gasteiger partial charge < -0.3 is 31.7 Å².